The van der Waals surface area contributed by atoms with Gasteiger partial charge in [-0.25, -0.2) is 5.09 Å². The molecule has 0 aromatic rings. The normalized spacial score (nSPS) is 15.6. The Morgan fingerprint density at radius 3 is 1.62 bits per heavy atom. The molecule has 0 aliphatic carbocycles. The van der Waals surface area contributed by atoms with Crippen molar-refractivity contribution in [3.05, 3.63) is 0 Å². The van der Waals surface area contributed by atoms with Crippen LogP contribution in [-0.4, -0.2) is 17.2 Å². The zero-order chi connectivity index (χ0) is 13.0. The van der Waals surface area contributed by atoms with E-state index >= 15 is 0 Å². The van der Waals surface area contributed by atoms with Gasteiger partial charge in [-0.15, -0.1) is 0 Å². The summed E-state index contributed by atoms with van der Waals surface area (Å²) in [6, 6.07) is 0.413. The van der Waals surface area contributed by atoms with E-state index in [1.54, 1.807) is 0 Å². The zero-order valence-electron chi connectivity index (χ0n) is 12.0. The molecule has 1 unspecified atom stereocenters. The summed E-state index contributed by atoms with van der Waals surface area (Å²) in [6.07, 6.45) is 1.07. The van der Waals surface area contributed by atoms with Gasteiger partial charge in [-0.1, -0.05) is 6.92 Å². The maximum absolute atomic E-state index is 5.92. The summed E-state index contributed by atoms with van der Waals surface area (Å²) in [4.78, 5) is 0. The Morgan fingerprint density at radius 2 is 1.38 bits per heavy atom. The van der Waals surface area contributed by atoms with Gasteiger partial charge in [0.2, 0.25) is 0 Å². The van der Waals surface area contributed by atoms with Crippen LogP contribution in [0.3, 0.4) is 0 Å². The summed E-state index contributed by atoms with van der Waals surface area (Å²) < 4.78 is 11.8. The van der Waals surface area contributed by atoms with Gasteiger partial charge in [0.15, 0.2) is 0 Å². The van der Waals surface area contributed by atoms with Crippen LogP contribution in [0.1, 0.15) is 61.8 Å². The van der Waals surface area contributed by atoms with Crippen LogP contribution in [0, 0.1) is 0 Å². The first-order chi connectivity index (χ1) is 7.03. The molecule has 0 radical (unpaired) electrons. The van der Waals surface area contributed by atoms with E-state index < -0.39 is 8.53 Å². The van der Waals surface area contributed by atoms with Gasteiger partial charge in [0.1, 0.15) is 0 Å². The molecular formula is C12H28NO2P. The SMILES string of the molecule is CCC(C)NP(OC(C)(C)C)OC(C)(C)C. The number of hydrogen-bond acceptors (Lipinski definition) is 3. The van der Waals surface area contributed by atoms with E-state index in [0.717, 1.165) is 6.42 Å². The molecular weight excluding hydrogens is 221 g/mol. The molecule has 1 atom stereocenters. The van der Waals surface area contributed by atoms with Crippen LogP contribution in [0.15, 0.2) is 0 Å². The summed E-state index contributed by atoms with van der Waals surface area (Å²) in [5.74, 6) is 0. The fourth-order valence-electron chi connectivity index (χ4n) is 0.840. The molecule has 0 fully saturated rings. The van der Waals surface area contributed by atoms with Gasteiger partial charge in [-0.05, 0) is 54.9 Å². The Balaban J connectivity index is 4.39. The molecule has 0 spiro atoms. The third-order valence-electron chi connectivity index (χ3n) is 1.65. The van der Waals surface area contributed by atoms with Crippen LogP contribution in [0.4, 0.5) is 0 Å². The Hall–Kier alpha value is 0.310. The molecule has 0 aliphatic heterocycles. The molecule has 3 nitrogen and oxygen atoms in total. The smallest absolute Gasteiger partial charge is 0.257 e. The first-order valence-corrected chi connectivity index (χ1v) is 7.16. The largest absolute Gasteiger partial charge is 0.316 e. The predicted molar refractivity (Wildman–Crippen MR) is 71.5 cm³/mol. The highest BCUT2D eigenvalue weighted by molar-refractivity contribution is 7.45. The van der Waals surface area contributed by atoms with Crippen molar-refractivity contribution in [1.82, 2.24) is 5.09 Å². The molecule has 0 aromatic heterocycles. The highest BCUT2D eigenvalue weighted by Crippen LogP contribution is 2.43. The van der Waals surface area contributed by atoms with Crippen LogP contribution in [0.25, 0.3) is 0 Å². The lowest BCUT2D eigenvalue weighted by molar-refractivity contribution is 0.0677. The first kappa shape index (κ1) is 16.3. The lowest BCUT2D eigenvalue weighted by Crippen LogP contribution is -2.30. The fraction of sp³-hybridized carbons (Fsp3) is 1.00. The standard InChI is InChI=1S/C12H28NO2P/c1-9-10(2)13-16(14-11(3,4)5)15-12(6,7)8/h10,13H,9H2,1-8H3. The maximum atomic E-state index is 5.92. The quantitative estimate of drug-likeness (QED) is 0.739. The summed E-state index contributed by atoms with van der Waals surface area (Å²) in [6.45, 7) is 16.6. The van der Waals surface area contributed by atoms with Crippen LogP contribution in [0.2, 0.25) is 0 Å². The molecule has 0 saturated heterocycles. The van der Waals surface area contributed by atoms with E-state index in [2.05, 4.69) is 18.9 Å². The van der Waals surface area contributed by atoms with Crippen LogP contribution >= 0.6 is 8.53 Å². The second-order valence-corrected chi connectivity index (χ2v) is 7.24. The first-order valence-electron chi connectivity index (χ1n) is 5.98. The monoisotopic (exact) mass is 249 g/mol. The van der Waals surface area contributed by atoms with Crippen molar-refractivity contribution in [3.63, 3.8) is 0 Å². The molecule has 0 aromatic carbocycles. The average molecular weight is 249 g/mol. The molecule has 16 heavy (non-hydrogen) atoms. The van der Waals surface area contributed by atoms with Crippen LogP contribution in [-0.2, 0) is 9.05 Å². The van der Waals surface area contributed by atoms with Gasteiger partial charge in [-0.3, -0.25) is 0 Å². The minimum Gasteiger partial charge on any atom is -0.316 e. The van der Waals surface area contributed by atoms with Crippen molar-refractivity contribution in [2.24, 2.45) is 0 Å². The summed E-state index contributed by atoms with van der Waals surface area (Å²) in [7, 11) is -1.03. The van der Waals surface area contributed by atoms with Crippen molar-refractivity contribution >= 4 is 8.53 Å². The second kappa shape index (κ2) is 6.30. The topological polar surface area (TPSA) is 30.5 Å². The molecule has 0 bridgehead atoms. The lowest BCUT2D eigenvalue weighted by Gasteiger charge is -2.32. The Kier molecular flexibility index (Phi) is 6.42. The van der Waals surface area contributed by atoms with Crippen molar-refractivity contribution in [1.29, 1.82) is 0 Å². The Labute approximate surface area is 102 Å². The van der Waals surface area contributed by atoms with Gasteiger partial charge in [-0.2, -0.15) is 0 Å². The van der Waals surface area contributed by atoms with E-state index in [4.69, 9.17) is 9.05 Å². The van der Waals surface area contributed by atoms with Gasteiger partial charge in [0.05, 0.1) is 11.2 Å². The van der Waals surface area contributed by atoms with E-state index in [1.165, 1.54) is 0 Å². The molecule has 0 heterocycles. The Morgan fingerprint density at radius 1 is 1.00 bits per heavy atom. The number of rotatable bonds is 5. The third-order valence-corrected chi connectivity index (χ3v) is 3.73. The third kappa shape index (κ3) is 9.53. The second-order valence-electron chi connectivity index (χ2n) is 6.10. The predicted octanol–water partition coefficient (Wildman–Crippen LogP) is 4.23. The van der Waals surface area contributed by atoms with Crippen molar-refractivity contribution < 1.29 is 9.05 Å². The molecule has 0 amide bonds. The van der Waals surface area contributed by atoms with Crippen LogP contribution in [0.5, 0.6) is 0 Å². The fourth-order valence-corrected chi connectivity index (χ4v) is 2.52. The van der Waals surface area contributed by atoms with Crippen LogP contribution < -0.4 is 5.09 Å². The van der Waals surface area contributed by atoms with Gasteiger partial charge in [0.25, 0.3) is 8.53 Å². The van der Waals surface area contributed by atoms with Crippen molar-refractivity contribution in [3.8, 4) is 0 Å². The van der Waals surface area contributed by atoms with Gasteiger partial charge >= 0.3 is 0 Å². The van der Waals surface area contributed by atoms with E-state index in [0.29, 0.717) is 6.04 Å². The van der Waals surface area contributed by atoms with Crippen molar-refractivity contribution in [2.45, 2.75) is 79.1 Å². The average Bonchev–Trinajstić information content (AvgIpc) is 1.97. The van der Waals surface area contributed by atoms with E-state index in [1.807, 2.05) is 41.5 Å². The minimum atomic E-state index is -1.03. The molecule has 0 rings (SSSR count). The molecule has 1 N–H and O–H groups in total. The zero-order valence-corrected chi connectivity index (χ0v) is 12.9. The maximum Gasteiger partial charge on any atom is 0.257 e. The van der Waals surface area contributed by atoms with Gasteiger partial charge < -0.3 is 9.05 Å². The summed E-state index contributed by atoms with van der Waals surface area (Å²) >= 11 is 0. The molecule has 4 heteroatoms. The van der Waals surface area contributed by atoms with E-state index in [-0.39, 0.29) is 11.2 Å². The van der Waals surface area contributed by atoms with E-state index in [9.17, 15) is 0 Å². The summed E-state index contributed by atoms with van der Waals surface area (Å²) in [5.41, 5.74) is -0.366. The molecule has 0 aliphatic rings. The summed E-state index contributed by atoms with van der Waals surface area (Å²) in [5, 5.41) is 3.40. The highest BCUT2D eigenvalue weighted by Gasteiger charge is 2.26. The number of hydrogen-bond donors (Lipinski definition) is 1. The van der Waals surface area contributed by atoms with Crippen molar-refractivity contribution in [2.75, 3.05) is 0 Å². The lowest BCUT2D eigenvalue weighted by atomic mass is 10.2. The molecule has 0 saturated carbocycles. The minimum absolute atomic E-state index is 0.183. The number of nitrogens with one attached hydrogen (secondary N) is 1. The van der Waals surface area contributed by atoms with Gasteiger partial charge in [0, 0.05) is 6.04 Å². The Bertz CT molecular complexity index is 180. The molecule has 98 valence electrons. The highest BCUT2D eigenvalue weighted by atomic mass is 31.2.